The van der Waals surface area contributed by atoms with E-state index in [1.54, 1.807) is 18.2 Å². The van der Waals surface area contributed by atoms with E-state index in [4.69, 9.17) is 26.3 Å². The molecule has 0 aliphatic heterocycles. The molecule has 0 radical (unpaired) electrons. The Morgan fingerprint density at radius 2 is 1.82 bits per heavy atom. The quantitative estimate of drug-likeness (QED) is 0.647. The molecule has 1 aromatic carbocycles. The van der Waals surface area contributed by atoms with Gasteiger partial charge in [0.2, 0.25) is 0 Å². The van der Waals surface area contributed by atoms with Gasteiger partial charge in [-0.3, -0.25) is 0 Å². The first-order valence-electron chi connectivity index (χ1n) is 2.62. The van der Waals surface area contributed by atoms with Gasteiger partial charge in [0.15, 0.2) is 0 Å². The number of hydrogen-bond acceptors (Lipinski definition) is 1. The van der Waals surface area contributed by atoms with Crippen LogP contribution < -0.4 is 20.7 Å². The third-order valence-electron chi connectivity index (χ3n) is 1.03. The summed E-state index contributed by atoms with van der Waals surface area (Å²) in [5.41, 5.74) is 0. The Hall–Kier alpha value is 1.06. The molecule has 0 bridgehead atoms. The van der Waals surface area contributed by atoms with Crippen LogP contribution in [-0.4, -0.2) is 0 Å². The fourth-order valence-electron chi connectivity index (χ4n) is 0.585. The van der Waals surface area contributed by atoms with Crippen LogP contribution in [0.1, 0.15) is 0 Å². The Morgan fingerprint density at radius 3 is 2.27 bits per heavy atom. The third-order valence-corrected chi connectivity index (χ3v) is 3.34. The van der Waals surface area contributed by atoms with Gasteiger partial charge in [-0.15, -0.1) is 0 Å². The monoisotopic (exact) mass is 415 g/mol. The van der Waals surface area contributed by atoms with Crippen LogP contribution in [0.5, 0.6) is 5.75 Å². The van der Waals surface area contributed by atoms with Gasteiger partial charge in [-0.1, -0.05) is 0 Å². The number of rotatable bonds is 2. The van der Waals surface area contributed by atoms with Crippen LogP contribution in [0.25, 0.3) is 0 Å². The number of halogens is 4. The third kappa shape index (κ3) is 2.78. The molecule has 0 atom stereocenters. The number of benzene rings is 1. The maximum atomic E-state index is 5.81. The molecule has 1 nitrogen and oxygen atoms in total. The van der Waals surface area contributed by atoms with Crippen LogP contribution in [0.3, 0.4) is 0 Å². The van der Waals surface area contributed by atoms with E-state index in [0.29, 0.717) is 15.8 Å². The zero-order valence-electron chi connectivity index (χ0n) is 5.15. The number of para-hydroxylation sites is 1. The van der Waals surface area contributed by atoms with Crippen molar-refractivity contribution in [3.05, 3.63) is 28.2 Å². The van der Waals surface area contributed by atoms with Gasteiger partial charge in [0.25, 0.3) is 0 Å². The summed E-state index contributed by atoms with van der Waals surface area (Å²) in [4.78, 5) is 0. The summed E-state index contributed by atoms with van der Waals surface area (Å²) in [6.07, 6.45) is 0. The molecule has 1 rings (SSSR count). The second-order valence-corrected chi connectivity index (χ2v) is 5.51. The van der Waals surface area contributed by atoms with Gasteiger partial charge < -0.3 is 0 Å². The summed E-state index contributed by atoms with van der Waals surface area (Å²) in [7, 11) is 0. The van der Waals surface area contributed by atoms with Crippen molar-refractivity contribution in [2.75, 3.05) is 0 Å². The average Bonchev–Trinajstić information content (AvgIpc) is 1.97. The Bertz CT molecular complexity index is 234. The maximum absolute atomic E-state index is 5.81. The van der Waals surface area contributed by atoms with Crippen molar-refractivity contribution >= 4 is 41.8 Å². The van der Waals surface area contributed by atoms with Crippen molar-refractivity contribution in [2.45, 2.75) is 0 Å². The van der Waals surface area contributed by atoms with E-state index < -0.39 is 0 Å². The molecular formula is C6H3Cl2I2O-. The zero-order valence-corrected chi connectivity index (χ0v) is 11.0. The summed E-state index contributed by atoms with van der Waals surface area (Å²) in [5, 5.41) is 1.16. The van der Waals surface area contributed by atoms with Crippen molar-refractivity contribution in [1.29, 1.82) is 0 Å². The Kier molecular flexibility index (Phi) is 4.55. The topological polar surface area (TPSA) is 9.23 Å². The molecule has 0 saturated carbocycles. The first-order valence-corrected chi connectivity index (χ1v) is 10.5. The molecule has 0 fully saturated rings. The van der Waals surface area contributed by atoms with Crippen molar-refractivity contribution in [2.24, 2.45) is 0 Å². The Labute approximate surface area is 95.4 Å². The SMILES string of the molecule is Clc1cccc(Cl)c1O[I-]I. The Morgan fingerprint density at radius 1 is 1.27 bits per heavy atom. The normalized spacial score (nSPS) is 10.1. The minimum atomic E-state index is -0.304. The predicted octanol–water partition coefficient (Wildman–Crippen LogP) is 0.726. The van der Waals surface area contributed by atoms with E-state index >= 15 is 0 Å². The molecule has 0 aliphatic rings. The summed E-state index contributed by atoms with van der Waals surface area (Å²) in [6, 6.07) is 5.32. The van der Waals surface area contributed by atoms with Crippen LogP contribution in [0.15, 0.2) is 18.2 Å². The van der Waals surface area contributed by atoms with Crippen LogP contribution in [0.2, 0.25) is 10.0 Å². The van der Waals surface area contributed by atoms with Crippen LogP contribution in [0, 0.1) is 0 Å². The molecule has 62 valence electrons. The van der Waals surface area contributed by atoms with Gasteiger partial charge in [-0.25, -0.2) is 0 Å². The first kappa shape index (κ1) is 10.1. The van der Waals surface area contributed by atoms with Crippen molar-refractivity contribution in [3.8, 4) is 5.75 Å². The fourth-order valence-corrected chi connectivity index (χ4v) is 3.08. The summed E-state index contributed by atoms with van der Waals surface area (Å²) >= 11 is 13.5. The van der Waals surface area contributed by atoms with E-state index in [1.165, 1.54) is 0 Å². The first-order chi connectivity index (χ1) is 5.25. The van der Waals surface area contributed by atoms with Crippen molar-refractivity contribution in [3.63, 3.8) is 0 Å². The molecule has 0 N–H and O–H groups in total. The van der Waals surface area contributed by atoms with Gasteiger partial charge in [0, 0.05) is 0 Å². The molecule has 0 aliphatic carbocycles. The molecule has 0 heterocycles. The Balaban J connectivity index is 3.00. The molecular weight excluding hydrogens is 413 g/mol. The van der Waals surface area contributed by atoms with E-state index in [9.17, 15) is 0 Å². The summed E-state index contributed by atoms with van der Waals surface area (Å²) < 4.78 is 5.30. The van der Waals surface area contributed by atoms with Gasteiger partial charge in [-0.05, 0) is 0 Å². The van der Waals surface area contributed by atoms with Crippen LogP contribution in [-0.2, 0) is 0 Å². The van der Waals surface area contributed by atoms with Crippen molar-refractivity contribution < 1.29 is 20.7 Å². The number of hydrogen-bond donors (Lipinski definition) is 0. The molecule has 0 amide bonds. The molecule has 0 unspecified atom stereocenters. The molecule has 0 spiro atoms. The van der Waals surface area contributed by atoms with Gasteiger partial charge >= 0.3 is 96.5 Å². The second kappa shape index (κ2) is 4.94. The molecule has 0 aromatic heterocycles. The van der Waals surface area contributed by atoms with Gasteiger partial charge in [0.05, 0.1) is 0 Å². The minimum absolute atomic E-state index is 0.304. The summed E-state index contributed by atoms with van der Waals surface area (Å²) in [5.74, 6) is 0.609. The zero-order chi connectivity index (χ0) is 8.27. The van der Waals surface area contributed by atoms with Crippen LogP contribution >= 0.6 is 41.8 Å². The van der Waals surface area contributed by atoms with Gasteiger partial charge in [-0.2, -0.15) is 0 Å². The van der Waals surface area contributed by atoms with E-state index in [-0.39, 0.29) is 17.6 Å². The van der Waals surface area contributed by atoms with E-state index in [0.717, 1.165) is 0 Å². The summed E-state index contributed by atoms with van der Waals surface area (Å²) in [6.45, 7) is 0. The fraction of sp³-hybridized carbons (Fsp3) is 0. The predicted molar refractivity (Wildman–Crippen MR) is 51.1 cm³/mol. The molecule has 1 aromatic rings. The van der Waals surface area contributed by atoms with E-state index in [2.05, 4.69) is 18.6 Å². The molecule has 11 heavy (non-hydrogen) atoms. The van der Waals surface area contributed by atoms with E-state index in [1.807, 2.05) is 0 Å². The van der Waals surface area contributed by atoms with Crippen molar-refractivity contribution in [1.82, 2.24) is 0 Å². The average molecular weight is 416 g/mol. The van der Waals surface area contributed by atoms with Gasteiger partial charge in [0.1, 0.15) is 0 Å². The standard InChI is InChI=1S/C6H3Cl2I2O/c7-4-2-1-3-5(8)6(4)11-10-9/h1-3H/q-1. The molecule has 0 saturated heterocycles. The molecule has 5 heteroatoms. The van der Waals surface area contributed by atoms with Crippen LogP contribution in [0.4, 0.5) is 0 Å². The second-order valence-electron chi connectivity index (χ2n) is 1.69.